The van der Waals surface area contributed by atoms with Gasteiger partial charge < -0.3 is 5.32 Å². The van der Waals surface area contributed by atoms with Gasteiger partial charge in [-0.3, -0.25) is 9.69 Å². The summed E-state index contributed by atoms with van der Waals surface area (Å²) in [5.74, 6) is 0.419. The predicted molar refractivity (Wildman–Crippen MR) is 139 cm³/mol. The molecule has 0 bridgehead atoms. The van der Waals surface area contributed by atoms with Crippen LogP contribution in [0, 0.1) is 22.7 Å². The number of nitrogens with one attached hydrogen (secondary N) is 1. The molecule has 1 aliphatic heterocycles. The third-order valence-corrected chi connectivity index (χ3v) is 10.8. The SMILES string of the molecule is CCC(C)(C)C1CCc2c(sc(NC(=O)CN3CCN(S(=O)(=O)c4ccccc4)CC3)c2C#N)C1. The fraction of sp³-hybridized carbons (Fsp3) is 0.538. The molecule has 9 heteroatoms. The van der Waals surface area contributed by atoms with E-state index in [4.69, 9.17) is 0 Å². The second kappa shape index (κ2) is 10.4. The number of thiophene rings is 1. The van der Waals surface area contributed by atoms with E-state index >= 15 is 0 Å². The number of fused-ring (bicyclic) bond motifs is 1. The first-order chi connectivity index (χ1) is 16.7. The van der Waals surface area contributed by atoms with E-state index in [1.807, 2.05) is 4.90 Å². The maximum atomic E-state index is 12.8. The Hall–Kier alpha value is -2.25. The van der Waals surface area contributed by atoms with Crippen molar-refractivity contribution in [2.75, 3.05) is 38.0 Å². The van der Waals surface area contributed by atoms with E-state index < -0.39 is 10.0 Å². The number of benzene rings is 1. The van der Waals surface area contributed by atoms with Crippen molar-refractivity contribution in [2.24, 2.45) is 11.3 Å². The van der Waals surface area contributed by atoms with Gasteiger partial charge in [0.1, 0.15) is 11.1 Å². The molecule has 1 amide bonds. The Balaban J connectivity index is 1.36. The van der Waals surface area contributed by atoms with Crippen molar-refractivity contribution in [3.63, 3.8) is 0 Å². The predicted octanol–water partition coefficient (Wildman–Crippen LogP) is 4.11. The lowest BCUT2D eigenvalue weighted by atomic mass is 9.69. The van der Waals surface area contributed by atoms with Crippen molar-refractivity contribution in [1.82, 2.24) is 9.21 Å². The summed E-state index contributed by atoms with van der Waals surface area (Å²) in [4.78, 5) is 16.3. The van der Waals surface area contributed by atoms with Crippen LogP contribution in [-0.2, 0) is 27.7 Å². The van der Waals surface area contributed by atoms with Crippen LogP contribution in [0.15, 0.2) is 35.2 Å². The molecule has 1 N–H and O–H groups in total. The van der Waals surface area contributed by atoms with Gasteiger partial charge in [0, 0.05) is 31.1 Å². The molecule has 0 spiro atoms. The van der Waals surface area contributed by atoms with Crippen LogP contribution in [0.1, 0.15) is 49.6 Å². The van der Waals surface area contributed by atoms with Gasteiger partial charge in [0.15, 0.2) is 0 Å². The molecule has 1 aromatic carbocycles. The lowest BCUT2D eigenvalue weighted by Crippen LogP contribution is -2.50. The molecule has 0 saturated carbocycles. The first-order valence-electron chi connectivity index (χ1n) is 12.3. The van der Waals surface area contributed by atoms with E-state index in [9.17, 15) is 18.5 Å². The summed E-state index contributed by atoms with van der Waals surface area (Å²) in [5.41, 5.74) is 1.98. The number of sulfonamides is 1. The van der Waals surface area contributed by atoms with E-state index in [0.717, 1.165) is 31.2 Å². The minimum Gasteiger partial charge on any atom is -0.315 e. The molecule has 1 fully saturated rings. The Bertz CT molecular complexity index is 1210. The maximum Gasteiger partial charge on any atom is 0.243 e. The number of hydrogen-bond acceptors (Lipinski definition) is 6. The number of piperazine rings is 1. The summed E-state index contributed by atoms with van der Waals surface area (Å²) < 4.78 is 27.1. The van der Waals surface area contributed by atoms with E-state index in [1.54, 1.807) is 41.7 Å². The van der Waals surface area contributed by atoms with Crippen LogP contribution < -0.4 is 5.32 Å². The number of nitriles is 1. The molecule has 2 aromatic rings. The topological polar surface area (TPSA) is 93.5 Å². The molecule has 0 radical (unpaired) electrons. The van der Waals surface area contributed by atoms with Crippen LogP contribution in [0.4, 0.5) is 5.00 Å². The van der Waals surface area contributed by atoms with Gasteiger partial charge in [0.25, 0.3) is 0 Å². The van der Waals surface area contributed by atoms with Gasteiger partial charge in [0.05, 0.1) is 17.0 Å². The second-order valence-corrected chi connectivity index (χ2v) is 13.2. The average Bonchev–Trinajstić information content (AvgIpc) is 3.20. The standard InChI is InChI=1S/C26H34N4O3S2/c1-4-26(2,3)19-10-11-21-22(17-27)25(34-23(21)16-19)28-24(31)18-29-12-14-30(15-13-29)35(32,33)20-8-6-5-7-9-20/h5-9,19H,4,10-16,18H2,1-3H3,(H,28,31). The Morgan fingerprint density at radius 2 is 1.89 bits per heavy atom. The zero-order valence-corrected chi connectivity index (χ0v) is 22.3. The molecule has 1 aromatic heterocycles. The maximum absolute atomic E-state index is 12.8. The first-order valence-corrected chi connectivity index (χ1v) is 14.5. The lowest BCUT2D eigenvalue weighted by molar-refractivity contribution is -0.117. The van der Waals surface area contributed by atoms with Gasteiger partial charge in [-0.25, -0.2) is 8.42 Å². The van der Waals surface area contributed by atoms with Crippen LogP contribution in [-0.4, -0.2) is 56.3 Å². The number of nitrogens with zero attached hydrogens (tertiary/aromatic N) is 3. The lowest BCUT2D eigenvalue weighted by Gasteiger charge is -2.36. The van der Waals surface area contributed by atoms with Crippen LogP contribution in [0.3, 0.4) is 0 Å². The first kappa shape index (κ1) is 25.8. The number of rotatable bonds is 7. The quantitative estimate of drug-likeness (QED) is 0.600. The summed E-state index contributed by atoms with van der Waals surface area (Å²) in [6.45, 7) is 8.69. The van der Waals surface area contributed by atoms with Crippen molar-refractivity contribution in [2.45, 2.75) is 51.3 Å². The smallest absolute Gasteiger partial charge is 0.243 e. The fourth-order valence-corrected chi connectivity index (χ4v) is 7.72. The molecule has 1 saturated heterocycles. The number of amides is 1. The van der Waals surface area contributed by atoms with Crippen molar-refractivity contribution in [3.05, 3.63) is 46.3 Å². The van der Waals surface area contributed by atoms with E-state index in [-0.39, 0.29) is 17.9 Å². The summed E-state index contributed by atoms with van der Waals surface area (Å²) in [6, 6.07) is 10.8. The Labute approximate surface area is 212 Å². The van der Waals surface area contributed by atoms with Gasteiger partial charge in [-0.15, -0.1) is 11.3 Å². The third-order valence-electron chi connectivity index (χ3n) is 7.73. The highest BCUT2D eigenvalue weighted by atomic mass is 32.2. The highest BCUT2D eigenvalue weighted by molar-refractivity contribution is 7.89. The Morgan fingerprint density at radius 1 is 1.20 bits per heavy atom. The van der Waals surface area contributed by atoms with Crippen LogP contribution >= 0.6 is 11.3 Å². The van der Waals surface area contributed by atoms with Crippen molar-refractivity contribution in [3.8, 4) is 6.07 Å². The normalized spacial score (nSPS) is 19.7. The summed E-state index contributed by atoms with van der Waals surface area (Å²) in [6.07, 6.45) is 4.04. The molecule has 4 rings (SSSR count). The third kappa shape index (κ3) is 5.46. The minimum atomic E-state index is -3.52. The van der Waals surface area contributed by atoms with Gasteiger partial charge in [-0.1, -0.05) is 45.4 Å². The molecule has 2 heterocycles. The minimum absolute atomic E-state index is 0.162. The number of carbonyl (C=O) groups excluding carboxylic acids is 1. The molecule has 188 valence electrons. The number of hydrogen-bond donors (Lipinski definition) is 1. The summed E-state index contributed by atoms with van der Waals surface area (Å²) >= 11 is 1.55. The van der Waals surface area contributed by atoms with Gasteiger partial charge in [-0.05, 0) is 48.3 Å². The monoisotopic (exact) mass is 514 g/mol. The zero-order chi connectivity index (χ0) is 25.2. The molecule has 1 atom stereocenters. The van der Waals surface area contributed by atoms with Crippen molar-refractivity contribution >= 4 is 32.3 Å². The second-order valence-electron chi connectivity index (χ2n) is 10.1. The number of carbonyl (C=O) groups is 1. The zero-order valence-electron chi connectivity index (χ0n) is 20.7. The Kier molecular flexibility index (Phi) is 7.67. The largest absolute Gasteiger partial charge is 0.315 e. The average molecular weight is 515 g/mol. The van der Waals surface area contributed by atoms with E-state index in [2.05, 4.69) is 32.2 Å². The molecule has 1 unspecified atom stereocenters. The number of anilines is 1. The van der Waals surface area contributed by atoms with E-state index in [1.165, 1.54) is 9.18 Å². The summed E-state index contributed by atoms with van der Waals surface area (Å²) in [5, 5.41) is 13.4. The summed E-state index contributed by atoms with van der Waals surface area (Å²) in [7, 11) is -3.52. The van der Waals surface area contributed by atoms with Crippen LogP contribution in [0.2, 0.25) is 0 Å². The molecule has 35 heavy (non-hydrogen) atoms. The van der Waals surface area contributed by atoms with Crippen molar-refractivity contribution in [1.29, 1.82) is 5.26 Å². The van der Waals surface area contributed by atoms with Gasteiger partial charge in [-0.2, -0.15) is 9.57 Å². The molecule has 7 nitrogen and oxygen atoms in total. The van der Waals surface area contributed by atoms with Gasteiger partial charge >= 0.3 is 0 Å². The van der Waals surface area contributed by atoms with Crippen molar-refractivity contribution < 1.29 is 13.2 Å². The molecular weight excluding hydrogens is 480 g/mol. The van der Waals surface area contributed by atoms with Gasteiger partial charge in [0.2, 0.25) is 15.9 Å². The molecule has 1 aliphatic carbocycles. The molecule has 2 aliphatic rings. The molecular formula is C26H34N4O3S2. The Morgan fingerprint density at radius 3 is 2.51 bits per heavy atom. The van der Waals surface area contributed by atoms with Crippen LogP contribution in [0.25, 0.3) is 0 Å². The fourth-order valence-electron chi connectivity index (χ4n) is 4.99. The van der Waals surface area contributed by atoms with Crippen LogP contribution in [0.5, 0.6) is 0 Å². The highest BCUT2D eigenvalue weighted by Crippen LogP contribution is 2.45. The highest BCUT2D eigenvalue weighted by Gasteiger charge is 2.34. The van der Waals surface area contributed by atoms with E-state index in [0.29, 0.717) is 47.6 Å².